The second-order valence-corrected chi connectivity index (χ2v) is 7.80. The predicted octanol–water partition coefficient (Wildman–Crippen LogP) is 3.44. The van der Waals surface area contributed by atoms with Gasteiger partial charge in [-0.1, -0.05) is 11.6 Å². The third-order valence-electron chi connectivity index (χ3n) is 5.48. The molecule has 1 saturated heterocycles. The van der Waals surface area contributed by atoms with Crippen molar-refractivity contribution >= 4 is 23.4 Å². The molecular formula is C21H22ClN3O2. The van der Waals surface area contributed by atoms with Gasteiger partial charge in [0.15, 0.2) is 0 Å². The molecule has 0 spiro atoms. The fraction of sp³-hybridized carbons (Fsp3) is 0.381. The molecule has 2 aliphatic rings. The lowest BCUT2D eigenvalue weighted by Gasteiger charge is -2.33. The van der Waals surface area contributed by atoms with E-state index in [1.54, 1.807) is 24.3 Å². The van der Waals surface area contributed by atoms with E-state index < -0.39 is 0 Å². The highest BCUT2D eigenvalue weighted by atomic mass is 35.5. The Bertz CT molecular complexity index is 873. The zero-order valence-corrected chi connectivity index (χ0v) is 16.1. The quantitative estimate of drug-likeness (QED) is 0.798. The lowest BCUT2D eigenvalue weighted by molar-refractivity contribution is -0.137. The molecule has 0 unspecified atom stereocenters. The molecule has 5 nitrogen and oxygen atoms in total. The number of halogens is 1. The molecule has 6 heteroatoms. The number of hydrogen-bond acceptors (Lipinski definition) is 3. The van der Waals surface area contributed by atoms with E-state index in [9.17, 15) is 9.59 Å². The summed E-state index contributed by atoms with van der Waals surface area (Å²) in [5, 5.41) is 0.618. The summed E-state index contributed by atoms with van der Waals surface area (Å²) in [5.41, 5.74) is 3.97. The maximum atomic E-state index is 12.9. The Morgan fingerprint density at radius 1 is 1.04 bits per heavy atom. The first-order valence-electron chi connectivity index (χ1n) is 9.29. The normalized spacial score (nSPS) is 17.1. The zero-order valence-electron chi connectivity index (χ0n) is 15.3. The van der Waals surface area contributed by atoms with Crippen LogP contribution in [0.25, 0.3) is 0 Å². The van der Waals surface area contributed by atoms with Gasteiger partial charge < -0.3 is 9.80 Å². The van der Waals surface area contributed by atoms with Crippen molar-refractivity contribution in [3.63, 3.8) is 0 Å². The average Bonchev–Trinajstić information content (AvgIpc) is 3.11. The summed E-state index contributed by atoms with van der Waals surface area (Å²) < 4.78 is 0. The molecule has 1 aromatic carbocycles. The first-order valence-corrected chi connectivity index (χ1v) is 9.67. The van der Waals surface area contributed by atoms with Crippen molar-refractivity contribution in [2.24, 2.45) is 5.92 Å². The van der Waals surface area contributed by atoms with Crippen LogP contribution in [-0.4, -0.2) is 39.7 Å². The second-order valence-electron chi connectivity index (χ2n) is 7.36. The van der Waals surface area contributed by atoms with E-state index in [1.807, 2.05) is 22.9 Å². The van der Waals surface area contributed by atoms with Crippen molar-refractivity contribution in [2.75, 3.05) is 13.1 Å². The minimum Gasteiger partial charge on any atom is -0.339 e. The van der Waals surface area contributed by atoms with Crippen molar-refractivity contribution in [1.82, 2.24) is 14.8 Å². The van der Waals surface area contributed by atoms with Crippen LogP contribution in [-0.2, 0) is 17.9 Å². The molecule has 0 bridgehead atoms. The molecule has 0 radical (unpaired) electrons. The second kappa shape index (κ2) is 7.31. The van der Waals surface area contributed by atoms with Crippen LogP contribution in [0.4, 0.5) is 0 Å². The molecule has 2 aliphatic heterocycles. The molecule has 0 N–H and O–H groups in total. The zero-order chi connectivity index (χ0) is 19.0. The standard InChI is InChI=1S/C21H22ClN3O2/c1-14-10-17-12-25(13-18(17)11-23-14)21(27)16-6-8-24(9-7-16)20(26)15-2-4-19(22)5-3-15/h2-5,10-11,16H,6-9,12-13H2,1H3. The molecule has 0 atom stereocenters. The fourth-order valence-corrected chi connectivity index (χ4v) is 4.05. The Morgan fingerprint density at radius 3 is 2.41 bits per heavy atom. The molecule has 0 aliphatic carbocycles. The minimum absolute atomic E-state index is 0.00712. The van der Waals surface area contributed by atoms with Crippen LogP contribution in [0.1, 0.15) is 40.0 Å². The van der Waals surface area contributed by atoms with Crippen molar-refractivity contribution in [1.29, 1.82) is 0 Å². The number of nitrogens with zero attached hydrogens (tertiary/aromatic N) is 3. The smallest absolute Gasteiger partial charge is 0.253 e. The number of hydrogen-bond donors (Lipinski definition) is 0. The molecule has 27 heavy (non-hydrogen) atoms. The summed E-state index contributed by atoms with van der Waals surface area (Å²) in [4.78, 5) is 33.6. The number of aryl methyl sites for hydroxylation is 1. The average molecular weight is 384 g/mol. The first-order chi connectivity index (χ1) is 13.0. The summed E-state index contributed by atoms with van der Waals surface area (Å²) in [6.45, 7) is 4.50. The number of aromatic nitrogens is 1. The van der Waals surface area contributed by atoms with E-state index in [-0.39, 0.29) is 17.7 Å². The van der Waals surface area contributed by atoms with Gasteiger partial charge in [-0.15, -0.1) is 0 Å². The molecule has 0 saturated carbocycles. The topological polar surface area (TPSA) is 53.5 Å². The van der Waals surface area contributed by atoms with Crippen molar-refractivity contribution in [3.05, 3.63) is 63.9 Å². The van der Waals surface area contributed by atoms with Crippen molar-refractivity contribution in [2.45, 2.75) is 32.9 Å². The molecule has 1 fully saturated rings. The number of carbonyl (C=O) groups excluding carboxylic acids is 2. The minimum atomic E-state index is -0.0114. The monoisotopic (exact) mass is 383 g/mol. The number of pyridine rings is 1. The van der Waals surface area contributed by atoms with Gasteiger partial charge in [0.1, 0.15) is 0 Å². The third-order valence-corrected chi connectivity index (χ3v) is 5.73. The Labute approximate surface area is 163 Å². The third kappa shape index (κ3) is 3.69. The van der Waals surface area contributed by atoms with Crippen LogP contribution < -0.4 is 0 Å². The summed E-state index contributed by atoms with van der Waals surface area (Å²) in [7, 11) is 0. The summed E-state index contributed by atoms with van der Waals surface area (Å²) in [5.74, 6) is 0.192. The van der Waals surface area contributed by atoms with E-state index in [1.165, 1.54) is 5.56 Å². The SMILES string of the molecule is Cc1cc2c(cn1)CN(C(=O)C1CCN(C(=O)c3ccc(Cl)cc3)CC1)C2. The number of likely N-dealkylation sites (tertiary alicyclic amines) is 1. The number of piperidine rings is 1. The number of amides is 2. The van der Waals surface area contributed by atoms with Gasteiger partial charge in [-0.3, -0.25) is 14.6 Å². The van der Waals surface area contributed by atoms with Gasteiger partial charge in [-0.2, -0.15) is 0 Å². The Balaban J connectivity index is 1.35. The Kier molecular flexibility index (Phi) is 4.87. The lowest BCUT2D eigenvalue weighted by atomic mass is 9.95. The largest absolute Gasteiger partial charge is 0.339 e. The highest BCUT2D eigenvalue weighted by Gasteiger charge is 2.33. The van der Waals surface area contributed by atoms with Crippen LogP contribution in [0.15, 0.2) is 36.5 Å². The molecular weight excluding hydrogens is 362 g/mol. The number of carbonyl (C=O) groups is 2. The van der Waals surface area contributed by atoms with E-state index in [2.05, 4.69) is 11.1 Å². The van der Waals surface area contributed by atoms with Crippen LogP contribution in [0.3, 0.4) is 0 Å². The molecule has 2 amide bonds. The van der Waals surface area contributed by atoms with Gasteiger partial charge in [-0.05, 0) is 61.2 Å². The van der Waals surface area contributed by atoms with Gasteiger partial charge >= 0.3 is 0 Å². The van der Waals surface area contributed by atoms with Gasteiger partial charge in [0.05, 0.1) is 0 Å². The van der Waals surface area contributed by atoms with Crippen molar-refractivity contribution in [3.8, 4) is 0 Å². The Morgan fingerprint density at radius 2 is 1.70 bits per heavy atom. The van der Waals surface area contributed by atoms with Gasteiger partial charge in [-0.25, -0.2) is 0 Å². The number of benzene rings is 1. The van der Waals surface area contributed by atoms with Gasteiger partial charge in [0.2, 0.25) is 5.91 Å². The van der Waals surface area contributed by atoms with E-state index in [0.29, 0.717) is 49.6 Å². The van der Waals surface area contributed by atoms with E-state index >= 15 is 0 Å². The van der Waals surface area contributed by atoms with E-state index in [4.69, 9.17) is 11.6 Å². The van der Waals surface area contributed by atoms with Crippen LogP contribution >= 0.6 is 11.6 Å². The summed E-state index contributed by atoms with van der Waals surface area (Å²) in [6, 6.07) is 9.02. The highest BCUT2D eigenvalue weighted by molar-refractivity contribution is 6.30. The van der Waals surface area contributed by atoms with Crippen LogP contribution in [0.2, 0.25) is 5.02 Å². The van der Waals surface area contributed by atoms with E-state index in [0.717, 1.165) is 11.3 Å². The van der Waals surface area contributed by atoms with Gasteiger partial charge in [0, 0.05) is 54.6 Å². The lowest BCUT2D eigenvalue weighted by Crippen LogP contribution is -2.43. The Hall–Kier alpha value is -2.40. The highest BCUT2D eigenvalue weighted by Crippen LogP contribution is 2.28. The molecule has 2 aromatic rings. The summed E-state index contributed by atoms with van der Waals surface area (Å²) >= 11 is 5.89. The fourth-order valence-electron chi connectivity index (χ4n) is 3.92. The first kappa shape index (κ1) is 18.0. The molecule has 4 rings (SSSR count). The molecule has 1 aromatic heterocycles. The van der Waals surface area contributed by atoms with Gasteiger partial charge in [0.25, 0.3) is 5.91 Å². The predicted molar refractivity (Wildman–Crippen MR) is 103 cm³/mol. The number of rotatable bonds is 2. The maximum Gasteiger partial charge on any atom is 0.253 e. The van der Waals surface area contributed by atoms with Crippen LogP contribution in [0, 0.1) is 12.8 Å². The van der Waals surface area contributed by atoms with Crippen molar-refractivity contribution < 1.29 is 9.59 Å². The number of fused-ring (bicyclic) bond motifs is 1. The summed E-state index contributed by atoms with van der Waals surface area (Å²) in [6.07, 6.45) is 3.30. The maximum absolute atomic E-state index is 12.9. The molecule has 140 valence electrons. The molecule has 3 heterocycles. The van der Waals surface area contributed by atoms with Crippen LogP contribution in [0.5, 0.6) is 0 Å².